The number of benzene rings is 2. The zero-order valence-electron chi connectivity index (χ0n) is 15.9. The number of hydrogen-bond acceptors (Lipinski definition) is 5. The van der Waals surface area contributed by atoms with Crippen LogP contribution in [0.15, 0.2) is 36.4 Å². The number of nitrogens with one attached hydrogen (secondary N) is 1. The van der Waals surface area contributed by atoms with E-state index in [9.17, 15) is 0 Å². The standard InChI is InChI=1S/C21H26N4O2/c1-15-12-17(25-8-6-24(2)7-9-25)14-19-20(15)23-21(22-19)16-4-3-5-18(13-16)27-11-10-26/h3-5,12-14,26H,6-11H2,1-2H3,(H,22,23). The first-order valence-electron chi connectivity index (χ1n) is 9.42. The van der Waals surface area contributed by atoms with Gasteiger partial charge in [0, 0.05) is 37.4 Å². The average molecular weight is 366 g/mol. The maximum Gasteiger partial charge on any atom is 0.138 e. The predicted octanol–water partition coefficient (Wildman–Crippen LogP) is 2.66. The molecular weight excluding hydrogens is 340 g/mol. The summed E-state index contributed by atoms with van der Waals surface area (Å²) in [6.45, 7) is 6.69. The molecule has 6 nitrogen and oxygen atoms in total. The Labute approximate surface area is 159 Å². The van der Waals surface area contributed by atoms with Crippen molar-refractivity contribution in [3.05, 3.63) is 42.0 Å². The Bertz CT molecular complexity index is 929. The Morgan fingerprint density at radius 2 is 1.96 bits per heavy atom. The summed E-state index contributed by atoms with van der Waals surface area (Å²) in [7, 11) is 2.17. The molecule has 0 spiro atoms. The number of imidazole rings is 1. The minimum atomic E-state index is 0.00310. The van der Waals surface area contributed by atoms with Crippen molar-refractivity contribution in [2.75, 3.05) is 51.3 Å². The van der Waals surface area contributed by atoms with Gasteiger partial charge in [0.2, 0.25) is 0 Å². The number of aromatic amines is 1. The number of nitrogens with zero attached hydrogens (tertiary/aromatic N) is 3. The number of ether oxygens (including phenoxy) is 1. The van der Waals surface area contributed by atoms with Gasteiger partial charge in [-0.05, 0) is 43.8 Å². The highest BCUT2D eigenvalue weighted by Gasteiger charge is 2.17. The number of aliphatic hydroxyl groups is 1. The van der Waals surface area contributed by atoms with E-state index in [1.165, 1.54) is 11.3 Å². The molecule has 1 saturated heterocycles. The van der Waals surface area contributed by atoms with Gasteiger partial charge in [-0.15, -0.1) is 0 Å². The molecule has 2 aromatic carbocycles. The molecule has 142 valence electrons. The molecule has 0 saturated carbocycles. The van der Waals surface area contributed by atoms with E-state index in [1.54, 1.807) is 0 Å². The minimum Gasteiger partial charge on any atom is -0.491 e. The molecule has 3 aromatic rings. The summed E-state index contributed by atoms with van der Waals surface area (Å²) in [5.41, 5.74) is 5.47. The monoisotopic (exact) mass is 366 g/mol. The van der Waals surface area contributed by atoms with Crippen molar-refractivity contribution in [2.24, 2.45) is 0 Å². The van der Waals surface area contributed by atoms with E-state index in [1.807, 2.05) is 24.3 Å². The molecule has 0 atom stereocenters. The van der Waals surface area contributed by atoms with Crippen LogP contribution >= 0.6 is 0 Å². The van der Waals surface area contributed by atoms with Crippen molar-refractivity contribution in [1.82, 2.24) is 14.9 Å². The minimum absolute atomic E-state index is 0.00310. The fraction of sp³-hybridized carbons (Fsp3) is 0.381. The molecule has 0 unspecified atom stereocenters. The second-order valence-corrected chi connectivity index (χ2v) is 7.13. The molecule has 1 fully saturated rings. The number of piperazine rings is 1. The molecular formula is C21H26N4O2. The fourth-order valence-corrected chi connectivity index (χ4v) is 3.55. The van der Waals surface area contributed by atoms with Gasteiger partial charge in [-0.3, -0.25) is 0 Å². The summed E-state index contributed by atoms with van der Waals surface area (Å²) >= 11 is 0. The van der Waals surface area contributed by atoms with Crippen LogP contribution in [0.3, 0.4) is 0 Å². The molecule has 1 aromatic heterocycles. The summed E-state index contributed by atoms with van der Waals surface area (Å²) in [5.74, 6) is 1.56. The highest BCUT2D eigenvalue weighted by molar-refractivity contribution is 5.86. The van der Waals surface area contributed by atoms with E-state index >= 15 is 0 Å². The van der Waals surface area contributed by atoms with Crippen molar-refractivity contribution in [3.8, 4) is 17.1 Å². The number of fused-ring (bicyclic) bond motifs is 1. The maximum atomic E-state index is 8.94. The number of aryl methyl sites for hydroxylation is 1. The number of aromatic nitrogens is 2. The van der Waals surface area contributed by atoms with E-state index in [0.29, 0.717) is 0 Å². The lowest BCUT2D eigenvalue weighted by Gasteiger charge is -2.34. The van der Waals surface area contributed by atoms with Crippen LogP contribution in [-0.4, -0.2) is 66.4 Å². The van der Waals surface area contributed by atoms with Gasteiger partial charge in [-0.2, -0.15) is 0 Å². The van der Waals surface area contributed by atoms with Crippen LogP contribution in [0, 0.1) is 6.92 Å². The summed E-state index contributed by atoms with van der Waals surface area (Å²) in [6, 6.07) is 12.2. The van der Waals surface area contributed by atoms with Crippen molar-refractivity contribution in [1.29, 1.82) is 0 Å². The zero-order chi connectivity index (χ0) is 18.8. The second-order valence-electron chi connectivity index (χ2n) is 7.13. The van der Waals surface area contributed by atoms with Crippen molar-refractivity contribution in [3.63, 3.8) is 0 Å². The van der Waals surface area contributed by atoms with Crippen molar-refractivity contribution >= 4 is 16.7 Å². The first-order valence-corrected chi connectivity index (χ1v) is 9.42. The summed E-state index contributed by atoms with van der Waals surface area (Å²) in [6.07, 6.45) is 0. The van der Waals surface area contributed by atoms with Gasteiger partial charge in [0.25, 0.3) is 0 Å². The number of H-pyrrole nitrogens is 1. The topological polar surface area (TPSA) is 64.6 Å². The highest BCUT2D eigenvalue weighted by Crippen LogP contribution is 2.29. The van der Waals surface area contributed by atoms with Crippen LogP contribution in [0.25, 0.3) is 22.4 Å². The molecule has 27 heavy (non-hydrogen) atoms. The Hall–Kier alpha value is -2.57. The fourth-order valence-electron chi connectivity index (χ4n) is 3.55. The quantitative estimate of drug-likeness (QED) is 0.727. The SMILES string of the molecule is Cc1cc(N2CCN(C)CC2)cc2[nH]c(-c3cccc(OCCO)c3)nc12. The van der Waals surface area contributed by atoms with E-state index in [-0.39, 0.29) is 13.2 Å². The van der Waals surface area contributed by atoms with E-state index in [4.69, 9.17) is 14.8 Å². The summed E-state index contributed by atoms with van der Waals surface area (Å²) in [4.78, 5) is 13.1. The van der Waals surface area contributed by atoms with Crippen molar-refractivity contribution in [2.45, 2.75) is 6.92 Å². The van der Waals surface area contributed by atoms with Gasteiger partial charge >= 0.3 is 0 Å². The molecule has 2 N–H and O–H groups in total. The van der Waals surface area contributed by atoms with Gasteiger partial charge < -0.3 is 24.6 Å². The first-order chi connectivity index (χ1) is 13.1. The van der Waals surface area contributed by atoms with Crippen LogP contribution < -0.4 is 9.64 Å². The number of rotatable bonds is 5. The Morgan fingerprint density at radius 3 is 2.74 bits per heavy atom. The second kappa shape index (κ2) is 7.58. The molecule has 2 heterocycles. The molecule has 0 bridgehead atoms. The van der Waals surface area contributed by atoms with Crippen LogP contribution in [-0.2, 0) is 0 Å². The smallest absolute Gasteiger partial charge is 0.138 e. The number of likely N-dealkylation sites (N-methyl/N-ethyl adjacent to an activating group) is 1. The Kier molecular flexibility index (Phi) is 5.01. The van der Waals surface area contributed by atoms with Gasteiger partial charge in [0.1, 0.15) is 18.2 Å². The van der Waals surface area contributed by atoms with E-state index in [0.717, 1.165) is 54.3 Å². The van der Waals surface area contributed by atoms with Gasteiger partial charge in [0.05, 0.1) is 17.6 Å². The lowest BCUT2D eigenvalue weighted by Crippen LogP contribution is -2.44. The lowest BCUT2D eigenvalue weighted by molar-refractivity contribution is 0.201. The predicted molar refractivity (Wildman–Crippen MR) is 109 cm³/mol. The summed E-state index contributed by atoms with van der Waals surface area (Å²) < 4.78 is 5.52. The van der Waals surface area contributed by atoms with Gasteiger partial charge in [0.15, 0.2) is 0 Å². The molecule has 0 aliphatic carbocycles. The van der Waals surface area contributed by atoms with Crippen molar-refractivity contribution < 1.29 is 9.84 Å². The third kappa shape index (κ3) is 3.77. The third-order valence-corrected chi connectivity index (χ3v) is 5.10. The summed E-state index contributed by atoms with van der Waals surface area (Å²) in [5, 5.41) is 8.94. The number of aliphatic hydroxyl groups excluding tert-OH is 1. The van der Waals surface area contributed by atoms with E-state index < -0.39 is 0 Å². The largest absolute Gasteiger partial charge is 0.491 e. The molecule has 0 amide bonds. The molecule has 4 rings (SSSR count). The number of anilines is 1. The maximum absolute atomic E-state index is 8.94. The molecule has 6 heteroatoms. The molecule has 1 aliphatic rings. The normalized spacial score (nSPS) is 15.4. The Morgan fingerprint density at radius 1 is 1.15 bits per heavy atom. The van der Waals surface area contributed by atoms with Gasteiger partial charge in [-0.25, -0.2) is 4.98 Å². The number of hydrogen-bond donors (Lipinski definition) is 2. The third-order valence-electron chi connectivity index (χ3n) is 5.10. The lowest BCUT2D eigenvalue weighted by atomic mass is 10.1. The molecule has 0 radical (unpaired) electrons. The highest BCUT2D eigenvalue weighted by atomic mass is 16.5. The first kappa shape index (κ1) is 17.8. The molecule has 1 aliphatic heterocycles. The Balaban J connectivity index is 1.65. The van der Waals surface area contributed by atoms with Crippen LogP contribution in [0.1, 0.15) is 5.56 Å². The van der Waals surface area contributed by atoms with Crippen LogP contribution in [0.5, 0.6) is 5.75 Å². The van der Waals surface area contributed by atoms with E-state index in [2.05, 4.69) is 40.9 Å². The zero-order valence-corrected chi connectivity index (χ0v) is 15.9. The van der Waals surface area contributed by atoms with Crippen LogP contribution in [0.4, 0.5) is 5.69 Å². The van der Waals surface area contributed by atoms with Gasteiger partial charge in [-0.1, -0.05) is 12.1 Å². The average Bonchev–Trinajstić information content (AvgIpc) is 3.12. The van der Waals surface area contributed by atoms with Crippen LogP contribution in [0.2, 0.25) is 0 Å².